The zero-order chi connectivity index (χ0) is 17.5. The predicted octanol–water partition coefficient (Wildman–Crippen LogP) is 5.21. The molecule has 0 aliphatic heterocycles. The summed E-state index contributed by atoms with van der Waals surface area (Å²) in [7, 11) is 0. The Bertz CT molecular complexity index is 1180. The zero-order valence-corrected chi connectivity index (χ0v) is 15.6. The van der Waals surface area contributed by atoms with Gasteiger partial charge in [0.25, 0.3) is 0 Å². The Morgan fingerprint density at radius 1 is 0.692 bits per heavy atom. The number of benzene rings is 3. The molecule has 3 heteroatoms. The Hall–Kier alpha value is -2.87. The van der Waals surface area contributed by atoms with Crippen LogP contribution in [0.15, 0.2) is 89.9 Å². The van der Waals surface area contributed by atoms with E-state index < -0.39 is 0 Å². The molecule has 2 nitrogen and oxygen atoms in total. The molecular weight excluding hydrogens is 385 g/mol. The number of para-hydroxylation sites is 2. The van der Waals surface area contributed by atoms with Crippen molar-refractivity contribution in [1.82, 2.24) is 4.57 Å². The van der Waals surface area contributed by atoms with Crippen molar-refractivity contribution >= 4 is 42.2 Å². The Kier molecular flexibility index (Phi) is 3.63. The van der Waals surface area contributed by atoms with Crippen molar-refractivity contribution in [2.75, 3.05) is 0 Å². The molecule has 0 aliphatic rings. The molecule has 5 aromatic rings. The first-order valence-electron chi connectivity index (χ1n) is 8.50. The van der Waals surface area contributed by atoms with Gasteiger partial charge in [-0.2, -0.15) is 0 Å². The van der Waals surface area contributed by atoms with Gasteiger partial charge in [-0.25, -0.2) is 0 Å². The van der Waals surface area contributed by atoms with Crippen molar-refractivity contribution in [2.45, 2.75) is 0 Å². The molecule has 0 unspecified atom stereocenters. The molecule has 0 saturated heterocycles. The first-order valence-corrected chi connectivity index (χ1v) is 10.3. The van der Waals surface area contributed by atoms with Crippen molar-refractivity contribution in [3.05, 3.63) is 95.4 Å². The maximum absolute atomic E-state index is 13.3. The molecule has 3 aromatic carbocycles. The van der Waals surface area contributed by atoms with Crippen molar-refractivity contribution < 1.29 is 4.79 Å². The number of aromatic nitrogens is 1. The summed E-state index contributed by atoms with van der Waals surface area (Å²) in [5.41, 5.74) is 3.82. The average Bonchev–Trinajstić information content (AvgIpc) is 3.34. The van der Waals surface area contributed by atoms with Crippen LogP contribution >= 0.6 is 0 Å². The second-order valence-corrected chi connectivity index (χ2v) is 8.22. The van der Waals surface area contributed by atoms with Crippen LogP contribution in [0.1, 0.15) is 10.4 Å². The summed E-state index contributed by atoms with van der Waals surface area (Å²) < 4.78 is 3.19. The third kappa shape index (κ3) is 2.37. The fourth-order valence-corrected chi connectivity index (χ4v) is 5.03. The molecule has 2 heterocycles. The molecule has 0 bridgehead atoms. The molecule has 2 aromatic heterocycles. The molecule has 0 N–H and O–H groups in total. The molecule has 0 spiro atoms. The Labute approximate surface area is 157 Å². The first kappa shape index (κ1) is 15.4. The van der Waals surface area contributed by atoms with Crippen molar-refractivity contribution in [2.24, 2.45) is 0 Å². The quantitative estimate of drug-likeness (QED) is 0.373. The summed E-state index contributed by atoms with van der Waals surface area (Å²) in [5.74, 6) is 0.0120. The van der Waals surface area contributed by atoms with E-state index in [0.29, 0.717) is 20.1 Å². The van der Waals surface area contributed by atoms with Gasteiger partial charge in [-0.15, -0.1) is 0 Å². The van der Waals surface area contributed by atoms with E-state index in [1.54, 1.807) is 0 Å². The van der Waals surface area contributed by atoms with Gasteiger partial charge < -0.3 is 0 Å². The number of nitrogens with zero attached hydrogens (tertiary/aromatic N) is 1. The SMILES string of the molecule is O=C(c1ccc(-c2ccc[se]2)cc1)n1c2ccccc2c2ccccc21. The van der Waals surface area contributed by atoms with Crippen LogP contribution in [0.25, 0.3) is 31.8 Å². The van der Waals surface area contributed by atoms with Gasteiger partial charge in [-0.3, -0.25) is 0 Å². The number of hydrogen-bond acceptors (Lipinski definition) is 1. The molecule has 0 amide bonds. The molecule has 5 rings (SSSR count). The van der Waals surface area contributed by atoms with Crippen molar-refractivity contribution in [3.8, 4) is 10.0 Å². The molecule has 0 aliphatic carbocycles. The topological polar surface area (TPSA) is 22.0 Å². The fourth-order valence-electron chi connectivity index (χ4n) is 3.49. The van der Waals surface area contributed by atoms with Gasteiger partial charge in [-0.1, -0.05) is 0 Å². The van der Waals surface area contributed by atoms with Crippen LogP contribution in [0.5, 0.6) is 0 Å². The number of carbonyl (C=O) groups is 1. The molecule has 0 radical (unpaired) electrons. The Morgan fingerprint density at radius 3 is 1.88 bits per heavy atom. The summed E-state index contributed by atoms with van der Waals surface area (Å²) in [6, 6.07) is 28.4. The van der Waals surface area contributed by atoms with E-state index in [1.165, 1.54) is 10.0 Å². The van der Waals surface area contributed by atoms with Gasteiger partial charge in [-0.05, 0) is 0 Å². The van der Waals surface area contributed by atoms with Gasteiger partial charge >= 0.3 is 157 Å². The van der Waals surface area contributed by atoms with E-state index in [9.17, 15) is 4.79 Å². The molecule has 124 valence electrons. The molecule has 0 saturated carbocycles. The monoisotopic (exact) mass is 401 g/mol. The van der Waals surface area contributed by atoms with Crippen LogP contribution in [-0.4, -0.2) is 25.0 Å². The third-order valence-corrected chi connectivity index (χ3v) is 6.65. The fraction of sp³-hybridized carbons (Fsp3) is 0. The van der Waals surface area contributed by atoms with E-state index in [4.69, 9.17) is 0 Å². The van der Waals surface area contributed by atoms with Crippen LogP contribution in [0.3, 0.4) is 0 Å². The number of carbonyl (C=O) groups excluding carboxylic acids is 1. The first-order chi connectivity index (χ1) is 12.8. The second kappa shape index (κ2) is 6.14. The van der Waals surface area contributed by atoms with E-state index in [1.807, 2.05) is 53.1 Å². The van der Waals surface area contributed by atoms with Crippen LogP contribution in [-0.2, 0) is 0 Å². The number of rotatable bonds is 2. The van der Waals surface area contributed by atoms with Gasteiger partial charge in [0.15, 0.2) is 0 Å². The van der Waals surface area contributed by atoms with Crippen LogP contribution in [0.2, 0.25) is 0 Å². The summed E-state index contributed by atoms with van der Waals surface area (Å²) in [5, 5.41) is 2.22. The molecule has 0 fully saturated rings. The minimum absolute atomic E-state index is 0.0120. The standard InChI is InChI=1S/C23H15NOSe/c25-23(17-13-11-16(12-14-17)22-10-5-15-26-22)24-20-8-3-1-6-18(20)19-7-2-4-9-21(19)24/h1-15H. The number of hydrogen-bond donors (Lipinski definition) is 0. The predicted molar refractivity (Wildman–Crippen MR) is 108 cm³/mol. The maximum atomic E-state index is 13.3. The van der Waals surface area contributed by atoms with Gasteiger partial charge in [0.2, 0.25) is 0 Å². The summed E-state index contributed by atoms with van der Waals surface area (Å²) in [6.07, 6.45) is 0. The van der Waals surface area contributed by atoms with Crippen LogP contribution in [0, 0.1) is 0 Å². The van der Waals surface area contributed by atoms with E-state index in [2.05, 4.69) is 41.3 Å². The van der Waals surface area contributed by atoms with Gasteiger partial charge in [0.05, 0.1) is 0 Å². The summed E-state index contributed by atoms with van der Waals surface area (Å²) in [4.78, 5) is 15.5. The molecule has 26 heavy (non-hydrogen) atoms. The zero-order valence-electron chi connectivity index (χ0n) is 13.9. The third-order valence-electron chi connectivity index (χ3n) is 4.72. The number of fused-ring (bicyclic) bond motifs is 3. The summed E-state index contributed by atoms with van der Waals surface area (Å²) >= 11 is 0.401. The van der Waals surface area contributed by atoms with Crippen LogP contribution < -0.4 is 0 Å². The van der Waals surface area contributed by atoms with Crippen molar-refractivity contribution in [1.29, 1.82) is 0 Å². The second-order valence-electron chi connectivity index (χ2n) is 6.23. The summed E-state index contributed by atoms with van der Waals surface area (Å²) in [6.45, 7) is 0. The van der Waals surface area contributed by atoms with E-state index >= 15 is 0 Å². The van der Waals surface area contributed by atoms with Gasteiger partial charge in [0.1, 0.15) is 0 Å². The Balaban J connectivity index is 1.66. The van der Waals surface area contributed by atoms with Gasteiger partial charge in [0, 0.05) is 0 Å². The Morgan fingerprint density at radius 2 is 1.31 bits per heavy atom. The average molecular weight is 400 g/mol. The van der Waals surface area contributed by atoms with E-state index in [0.717, 1.165) is 21.8 Å². The normalized spacial score (nSPS) is 11.2. The van der Waals surface area contributed by atoms with E-state index in [-0.39, 0.29) is 5.91 Å². The minimum atomic E-state index is 0.0120. The molecule has 0 atom stereocenters. The van der Waals surface area contributed by atoms with Crippen molar-refractivity contribution in [3.63, 3.8) is 0 Å². The molecular formula is C23H15NOSe. The van der Waals surface area contributed by atoms with Crippen LogP contribution in [0.4, 0.5) is 0 Å².